The Labute approximate surface area is 703 Å². The molecule has 4 N–H and O–H groups in total. The van der Waals surface area contributed by atoms with E-state index in [0.29, 0.717) is 61.5 Å². The van der Waals surface area contributed by atoms with E-state index < -0.39 is 59.3 Å². The molecule has 33 nitrogen and oxygen atoms in total. The first-order valence-electron chi connectivity index (χ1n) is 41.1. The van der Waals surface area contributed by atoms with Gasteiger partial charge in [0.25, 0.3) is 41.2 Å². The maximum atomic E-state index is 13.1. The Hall–Kier alpha value is -12.1. The smallest absolute Gasteiger partial charge is 0.290 e. The van der Waals surface area contributed by atoms with Gasteiger partial charge in [0, 0.05) is 147 Å². The van der Waals surface area contributed by atoms with Crippen molar-refractivity contribution in [2.45, 2.75) is 126 Å². The molecule has 8 aliphatic rings. The van der Waals surface area contributed by atoms with E-state index in [-0.39, 0.29) is 76.7 Å². The zero-order chi connectivity index (χ0) is 86.4. The van der Waals surface area contributed by atoms with Crippen molar-refractivity contribution in [3.8, 4) is 56.8 Å². The Morgan fingerprint density at radius 3 is 1.36 bits per heavy atom. The van der Waals surface area contributed by atoms with E-state index in [9.17, 15) is 52.7 Å². The zero-order valence-corrected chi connectivity index (χ0v) is 69.3. The van der Waals surface area contributed by atoms with Gasteiger partial charge < -0.3 is 62.2 Å². The highest BCUT2D eigenvalue weighted by atomic mass is 16.5. The van der Waals surface area contributed by atoms with Crippen LogP contribution in [0.3, 0.4) is 0 Å². The number of hydrogen-bond acceptors (Lipinski definition) is 26. The van der Waals surface area contributed by atoms with Crippen LogP contribution in [0.2, 0.25) is 0 Å². The van der Waals surface area contributed by atoms with Crippen LogP contribution < -0.4 is 55.5 Å². The van der Waals surface area contributed by atoms with Crippen LogP contribution in [0.25, 0.3) is 43.8 Å². The van der Waals surface area contributed by atoms with Crippen LogP contribution >= 0.6 is 0 Å². The van der Waals surface area contributed by atoms with Crippen LogP contribution in [0.1, 0.15) is 142 Å². The Kier molecular flexibility index (Phi) is 28.4. The Morgan fingerprint density at radius 1 is 0.500 bits per heavy atom. The number of rotatable bonds is 25. The number of benzene rings is 4. The van der Waals surface area contributed by atoms with Gasteiger partial charge in [-0.1, -0.05) is 0 Å². The minimum atomic E-state index is -0.996. The first kappa shape index (κ1) is 87.7. The lowest BCUT2D eigenvalue weighted by Crippen LogP contribution is -2.56. The van der Waals surface area contributed by atoms with Crippen molar-refractivity contribution in [1.82, 2.24) is 59.6 Å². The third-order valence-electron chi connectivity index (χ3n) is 23.8. The number of carbonyl (C=O) groups excluding carboxylic acids is 9. The van der Waals surface area contributed by atoms with Gasteiger partial charge >= 0.3 is 0 Å². The molecule has 0 radical (unpaired) electrons. The highest BCUT2D eigenvalue weighted by molar-refractivity contribution is 6.24. The van der Waals surface area contributed by atoms with Crippen LogP contribution in [0, 0.1) is 0 Å². The summed E-state index contributed by atoms with van der Waals surface area (Å²) in [4.78, 5) is 160. The molecule has 8 aromatic rings. The summed E-state index contributed by atoms with van der Waals surface area (Å²) in [6.07, 6.45) is 20.2. The number of morpholine rings is 2. The van der Waals surface area contributed by atoms with Crippen molar-refractivity contribution >= 4 is 81.6 Å². The van der Waals surface area contributed by atoms with Crippen molar-refractivity contribution in [2.75, 3.05) is 114 Å². The molecule has 16 rings (SSSR count). The number of nitrogens with one attached hydrogen (secondary N) is 3. The van der Waals surface area contributed by atoms with Crippen LogP contribution in [0.15, 0.2) is 120 Å². The van der Waals surface area contributed by atoms with Crippen molar-refractivity contribution in [2.24, 2.45) is 14.1 Å². The molecule has 6 saturated heterocycles. The molecule has 2 atom stereocenters. The van der Waals surface area contributed by atoms with Crippen LogP contribution in [-0.4, -0.2) is 246 Å². The van der Waals surface area contributed by atoms with E-state index in [0.717, 1.165) is 207 Å². The Bertz CT molecular complexity index is 5360. The molecule has 4 aromatic heterocycles. The predicted octanol–water partition coefficient (Wildman–Crippen LogP) is 7.04. The summed E-state index contributed by atoms with van der Waals surface area (Å²) in [5, 5.41) is 17.6. The standard InChI is InChI=1S/C44H50N6O9.C26H32N4O4.C18H18N2O6.CH2O2/c1-47-25-34(30-11-14-45-24-33(30)41(47)53)28-21-37(56-2)35(38(22-28)57-3)26-48-16-12-44(13-17-48)27-49(18-20-59-44)15-5-4-6-19-58-29-7-8-31-32(23-29)43(55)50(42(31)54)36-9-10-39(51)46-40(36)52;1-29-15-21(19-4-7-27-14-20(19)25(29)31)18-12-23(32-2)22(24(13-18)33-3)16-30-9-5-26(6-10-30)17-28-8-11-34-26;21-8-2-1-3-9-26-11-4-5-12-13(10-11)18(25)20(17(12)24)14-6-7-15(22)19-16(14)23;2-1-3/h7-8,11,14,21-25,36H,4-6,9-10,12-13,15-20,26-27H2,1-3H3,(H,46,51,52);4,7,12-15,28H,5-6,8-11,16-17H2,1-3H3;4-5,8,10,14H,1-3,6-7,9H2,(H,19,22,23);1H,(H,2,3). The summed E-state index contributed by atoms with van der Waals surface area (Å²) in [6.45, 7) is 11.9. The van der Waals surface area contributed by atoms with Gasteiger partial charge in [-0.25, -0.2) is 0 Å². The van der Waals surface area contributed by atoms with E-state index in [1.54, 1.807) is 101 Å². The molecule has 0 bridgehead atoms. The SMILES string of the molecule is COc1cc(-c2cn(C)c(=O)c3cnccc23)cc(OC)c1CN1CCC2(CC1)CN(CCCCCOc1ccc3c(c1)C(=O)N(C1CCC(=O)NC1=O)C3=O)CCO2.COc1cc(-c2cn(C)c(=O)c3cnccc23)cc(OC)c1CN1CCC2(CC1)CNCCO2.O=CCCCCOc1ccc2c(c1)C(=O)N(C1CCC(=O)NC1=O)C2=O.O=CO. The number of carboxylic acid groups (broad SMARTS) is 1. The molecule has 6 fully saturated rings. The molecule has 12 heterocycles. The first-order valence-corrected chi connectivity index (χ1v) is 41.1. The molecular weight excluding hydrogens is 1570 g/mol. The van der Waals surface area contributed by atoms with Crippen molar-refractivity contribution in [1.29, 1.82) is 0 Å². The summed E-state index contributed by atoms with van der Waals surface area (Å²) < 4.78 is 50.9. The van der Waals surface area contributed by atoms with Gasteiger partial charge in [-0.05, 0) is 172 Å². The van der Waals surface area contributed by atoms with E-state index >= 15 is 0 Å². The second-order valence-corrected chi connectivity index (χ2v) is 31.4. The molecule has 2 unspecified atom stereocenters. The van der Waals surface area contributed by atoms with Gasteiger partial charge in [0.2, 0.25) is 23.6 Å². The molecule has 0 saturated carbocycles. The highest BCUT2D eigenvalue weighted by Gasteiger charge is 2.47. The number of carbonyl (C=O) groups is 10. The minimum absolute atomic E-state index is 0.0219. The number of aromatic nitrogens is 4. The predicted molar refractivity (Wildman–Crippen MR) is 446 cm³/mol. The molecule has 8 amide bonds. The van der Waals surface area contributed by atoms with Crippen LogP contribution in [0.4, 0.5) is 0 Å². The van der Waals surface area contributed by atoms with E-state index in [2.05, 4.69) is 40.6 Å². The van der Waals surface area contributed by atoms with Crippen molar-refractivity contribution in [3.05, 3.63) is 164 Å². The van der Waals surface area contributed by atoms with E-state index in [4.69, 9.17) is 47.8 Å². The molecule has 0 aliphatic carbocycles. The molecule has 4 aromatic carbocycles. The molecule has 122 heavy (non-hydrogen) atoms. The van der Waals surface area contributed by atoms with Crippen LogP contribution in [0.5, 0.6) is 34.5 Å². The normalized spacial score (nSPS) is 18.8. The number of nitrogens with zero attached hydrogens (tertiary/aromatic N) is 9. The molecule has 33 heteroatoms. The summed E-state index contributed by atoms with van der Waals surface area (Å²) in [5.41, 5.74) is 6.17. The number of amides is 8. The van der Waals surface area contributed by atoms with Crippen molar-refractivity contribution in [3.63, 3.8) is 0 Å². The fourth-order valence-electron chi connectivity index (χ4n) is 17.2. The number of unbranched alkanes of at least 4 members (excludes halogenated alkanes) is 4. The third-order valence-corrected chi connectivity index (χ3v) is 23.8. The lowest BCUT2D eigenvalue weighted by Gasteiger charge is -2.47. The molecule has 2 spiro atoms. The van der Waals surface area contributed by atoms with Crippen molar-refractivity contribution < 1.29 is 90.9 Å². The summed E-state index contributed by atoms with van der Waals surface area (Å²) in [7, 11) is 10.2. The maximum Gasteiger partial charge on any atom is 0.290 e. The fraction of sp³-hybridized carbons (Fsp3) is 0.438. The largest absolute Gasteiger partial charge is 0.496 e. The van der Waals surface area contributed by atoms with Gasteiger partial charge in [0.05, 0.1) is 110 Å². The number of ether oxygens (including phenoxy) is 8. The fourth-order valence-corrected chi connectivity index (χ4v) is 17.2. The van der Waals surface area contributed by atoms with E-state index in [1.165, 1.54) is 12.1 Å². The topological polar surface area (TPSA) is 387 Å². The highest BCUT2D eigenvalue weighted by Crippen LogP contribution is 2.43. The Balaban J connectivity index is 0.000000171. The first-order chi connectivity index (χ1) is 59.0. The van der Waals surface area contributed by atoms with Gasteiger partial charge in [-0.2, -0.15) is 0 Å². The monoisotopic (exact) mass is 1670 g/mol. The number of imide groups is 4. The number of likely N-dealkylation sites (tertiary alicyclic amines) is 2. The summed E-state index contributed by atoms with van der Waals surface area (Å²) >= 11 is 0. The second-order valence-electron chi connectivity index (χ2n) is 31.4. The zero-order valence-electron chi connectivity index (χ0n) is 69.3. The quantitative estimate of drug-likeness (QED) is 0.0253. The number of methoxy groups -OCH3 is 4. The average molecular weight is 1680 g/mol. The van der Waals surface area contributed by atoms with Gasteiger partial charge in [-0.15, -0.1) is 0 Å². The van der Waals surface area contributed by atoms with Gasteiger partial charge in [0.15, 0.2) is 0 Å². The number of piperidine rings is 4. The Morgan fingerprint density at radius 2 is 0.934 bits per heavy atom. The lowest BCUT2D eigenvalue weighted by atomic mass is 9.89. The lowest BCUT2D eigenvalue weighted by molar-refractivity contribution is -0.137. The number of hydrogen-bond donors (Lipinski definition) is 4. The van der Waals surface area contributed by atoms with E-state index in [1.807, 2.05) is 48.8 Å². The summed E-state index contributed by atoms with van der Waals surface area (Å²) in [5.74, 6) is -0.292. The average Bonchev–Trinajstić information content (AvgIpc) is 1.54. The third kappa shape index (κ3) is 19.4. The van der Waals surface area contributed by atoms with Gasteiger partial charge in [0.1, 0.15) is 52.9 Å². The van der Waals surface area contributed by atoms with Crippen LogP contribution in [-0.2, 0) is 65.4 Å². The number of aldehydes is 1. The number of pyridine rings is 4. The number of fused-ring (bicyclic) bond motifs is 4. The second kappa shape index (κ2) is 39.6. The molecule has 8 aliphatic heterocycles. The van der Waals surface area contributed by atoms with Gasteiger partial charge in [-0.3, -0.25) is 97.8 Å². The summed E-state index contributed by atoms with van der Waals surface area (Å²) in [6, 6.07) is 19.3. The molecular formula is C89H102N12O21. The number of aryl methyl sites for hydroxylation is 2. The maximum absolute atomic E-state index is 13.1. The molecule has 644 valence electrons. The minimum Gasteiger partial charge on any atom is -0.496 e.